The van der Waals surface area contributed by atoms with E-state index in [1.807, 2.05) is 13.0 Å². The molecule has 5 atom stereocenters. The standard InChI is InChI=1S/C27H42O5/c1-4-7-9-12-19(28)15-16-20-23-17-22(18(6-3)11-10-14-24(29)30)27(32)25(23)21(26(20)31)13-8-5-2/h15-16,19-21,23,25,28H,4-14,17H2,1-3H3,(H,29,30)/b16-15+,22-18-. The van der Waals surface area contributed by atoms with E-state index in [-0.39, 0.29) is 41.7 Å². The minimum absolute atomic E-state index is 0.0213. The number of carbonyl (C=O) groups is 3. The first kappa shape index (κ1) is 26.5. The van der Waals surface area contributed by atoms with Gasteiger partial charge < -0.3 is 10.2 Å². The third-order valence-corrected chi connectivity index (χ3v) is 7.33. The van der Waals surface area contributed by atoms with Crippen molar-refractivity contribution < 1.29 is 24.6 Å². The molecule has 5 nitrogen and oxygen atoms in total. The van der Waals surface area contributed by atoms with Crippen LogP contribution in [-0.4, -0.2) is 33.9 Å². The van der Waals surface area contributed by atoms with E-state index in [9.17, 15) is 19.5 Å². The van der Waals surface area contributed by atoms with E-state index < -0.39 is 12.1 Å². The fourth-order valence-corrected chi connectivity index (χ4v) is 5.57. The molecule has 2 fully saturated rings. The Morgan fingerprint density at radius 1 is 1.06 bits per heavy atom. The Morgan fingerprint density at radius 2 is 1.78 bits per heavy atom. The van der Waals surface area contributed by atoms with Crippen LogP contribution in [0.1, 0.15) is 97.8 Å². The number of hydrogen-bond acceptors (Lipinski definition) is 4. The van der Waals surface area contributed by atoms with Crippen LogP contribution >= 0.6 is 0 Å². The Kier molecular flexibility index (Phi) is 10.8. The van der Waals surface area contributed by atoms with Gasteiger partial charge in [-0.2, -0.15) is 0 Å². The van der Waals surface area contributed by atoms with Gasteiger partial charge in [-0.25, -0.2) is 0 Å². The zero-order valence-electron chi connectivity index (χ0n) is 20.1. The highest BCUT2D eigenvalue weighted by atomic mass is 16.4. The summed E-state index contributed by atoms with van der Waals surface area (Å²) in [6, 6.07) is 0. The fraction of sp³-hybridized carbons (Fsp3) is 0.741. The number of aliphatic hydroxyl groups excluding tert-OH is 1. The predicted molar refractivity (Wildman–Crippen MR) is 126 cm³/mol. The van der Waals surface area contributed by atoms with Crippen molar-refractivity contribution >= 4 is 17.5 Å². The lowest BCUT2D eigenvalue weighted by Crippen LogP contribution is -2.22. The number of carbonyl (C=O) groups excluding carboxylic acids is 2. The molecule has 0 radical (unpaired) electrons. The first-order valence-corrected chi connectivity index (χ1v) is 12.7. The quantitative estimate of drug-likeness (QED) is 0.204. The number of aliphatic hydroxyl groups is 1. The summed E-state index contributed by atoms with van der Waals surface area (Å²) >= 11 is 0. The van der Waals surface area contributed by atoms with Crippen LogP contribution in [0.2, 0.25) is 0 Å². The maximum Gasteiger partial charge on any atom is 0.303 e. The molecule has 0 amide bonds. The number of ketones is 2. The summed E-state index contributed by atoms with van der Waals surface area (Å²) in [6.07, 6.45) is 12.3. The zero-order valence-corrected chi connectivity index (χ0v) is 20.1. The first-order valence-electron chi connectivity index (χ1n) is 12.7. The molecular formula is C27H42O5. The van der Waals surface area contributed by atoms with Crippen molar-refractivity contribution in [2.75, 3.05) is 0 Å². The highest BCUT2D eigenvalue weighted by molar-refractivity contribution is 6.06. The number of carboxylic acid groups (broad SMARTS) is 1. The highest BCUT2D eigenvalue weighted by Crippen LogP contribution is 2.52. The second kappa shape index (κ2) is 13.1. The number of hydrogen-bond donors (Lipinski definition) is 2. The molecule has 2 aliphatic rings. The van der Waals surface area contributed by atoms with Crippen LogP contribution in [0.5, 0.6) is 0 Å². The van der Waals surface area contributed by atoms with Crippen LogP contribution < -0.4 is 0 Å². The van der Waals surface area contributed by atoms with Gasteiger partial charge in [-0.3, -0.25) is 14.4 Å². The van der Waals surface area contributed by atoms with Crippen LogP contribution in [0, 0.1) is 23.7 Å². The van der Waals surface area contributed by atoms with Gasteiger partial charge >= 0.3 is 5.97 Å². The molecule has 2 aliphatic carbocycles. The third-order valence-electron chi connectivity index (χ3n) is 7.33. The van der Waals surface area contributed by atoms with Crippen molar-refractivity contribution in [1.82, 2.24) is 0 Å². The van der Waals surface area contributed by atoms with Gasteiger partial charge in [0.15, 0.2) is 5.78 Å². The summed E-state index contributed by atoms with van der Waals surface area (Å²) in [7, 11) is 0. The van der Waals surface area contributed by atoms with Crippen molar-refractivity contribution in [1.29, 1.82) is 0 Å². The molecule has 0 bridgehead atoms. The van der Waals surface area contributed by atoms with Gasteiger partial charge in [0.2, 0.25) is 0 Å². The Bertz CT molecular complexity index is 720. The van der Waals surface area contributed by atoms with E-state index in [1.54, 1.807) is 6.08 Å². The molecule has 2 saturated carbocycles. The second-order valence-corrected chi connectivity index (χ2v) is 9.57. The van der Waals surface area contributed by atoms with Crippen LogP contribution in [0.4, 0.5) is 0 Å². The van der Waals surface area contributed by atoms with E-state index in [2.05, 4.69) is 13.8 Å². The van der Waals surface area contributed by atoms with Gasteiger partial charge in [-0.15, -0.1) is 0 Å². The van der Waals surface area contributed by atoms with Crippen molar-refractivity contribution in [3.8, 4) is 0 Å². The van der Waals surface area contributed by atoms with E-state index in [0.717, 1.165) is 56.1 Å². The molecule has 0 aromatic heterocycles. The molecule has 32 heavy (non-hydrogen) atoms. The van der Waals surface area contributed by atoms with Crippen molar-refractivity contribution in [3.63, 3.8) is 0 Å². The fourth-order valence-electron chi connectivity index (χ4n) is 5.57. The van der Waals surface area contributed by atoms with E-state index in [0.29, 0.717) is 25.7 Å². The number of aliphatic carboxylic acids is 1. The van der Waals surface area contributed by atoms with Crippen molar-refractivity contribution in [3.05, 3.63) is 23.3 Å². The Labute approximate surface area is 193 Å². The summed E-state index contributed by atoms with van der Waals surface area (Å²) in [5.74, 6) is -1.33. The summed E-state index contributed by atoms with van der Waals surface area (Å²) in [6.45, 7) is 6.25. The maximum absolute atomic E-state index is 13.5. The van der Waals surface area contributed by atoms with E-state index in [1.165, 1.54) is 0 Å². The molecule has 2 rings (SSSR count). The topological polar surface area (TPSA) is 91.7 Å². The number of rotatable bonds is 14. The Morgan fingerprint density at radius 3 is 2.41 bits per heavy atom. The number of Topliss-reactive ketones (excluding diaryl/α,β-unsaturated/α-hetero) is 2. The lowest BCUT2D eigenvalue weighted by Gasteiger charge is -2.16. The van der Waals surface area contributed by atoms with Crippen LogP contribution in [0.15, 0.2) is 23.3 Å². The average molecular weight is 447 g/mol. The predicted octanol–water partition coefficient (Wildman–Crippen LogP) is 5.66. The molecular weight excluding hydrogens is 404 g/mol. The maximum atomic E-state index is 13.5. The Hall–Kier alpha value is -1.75. The van der Waals surface area contributed by atoms with Gasteiger partial charge in [0, 0.05) is 24.2 Å². The van der Waals surface area contributed by atoms with Crippen LogP contribution in [0.3, 0.4) is 0 Å². The summed E-state index contributed by atoms with van der Waals surface area (Å²) in [4.78, 5) is 37.6. The molecule has 0 aromatic rings. The van der Waals surface area contributed by atoms with Crippen LogP contribution in [0.25, 0.3) is 0 Å². The van der Waals surface area contributed by atoms with Crippen LogP contribution in [-0.2, 0) is 14.4 Å². The second-order valence-electron chi connectivity index (χ2n) is 9.57. The lowest BCUT2D eigenvalue weighted by molar-refractivity contribution is -0.137. The molecule has 0 spiro atoms. The number of fused-ring (bicyclic) bond motifs is 1. The molecule has 0 aliphatic heterocycles. The monoisotopic (exact) mass is 446 g/mol. The molecule has 0 saturated heterocycles. The minimum atomic E-state index is -0.812. The minimum Gasteiger partial charge on any atom is -0.481 e. The van der Waals surface area contributed by atoms with Gasteiger partial charge in [-0.05, 0) is 50.0 Å². The van der Waals surface area contributed by atoms with Crippen molar-refractivity contribution in [2.45, 2.75) is 104 Å². The zero-order chi connectivity index (χ0) is 23.7. The Balaban J connectivity index is 2.23. The first-order chi connectivity index (χ1) is 15.3. The number of unbranched alkanes of at least 4 members (excludes halogenated alkanes) is 3. The molecule has 0 heterocycles. The number of allylic oxidation sites excluding steroid dienone is 3. The summed E-state index contributed by atoms with van der Waals surface area (Å²) in [5, 5.41) is 19.3. The largest absolute Gasteiger partial charge is 0.481 e. The lowest BCUT2D eigenvalue weighted by atomic mass is 9.86. The van der Waals surface area contributed by atoms with Gasteiger partial charge in [0.25, 0.3) is 0 Å². The summed E-state index contributed by atoms with van der Waals surface area (Å²) < 4.78 is 0. The van der Waals surface area contributed by atoms with E-state index >= 15 is 0 Å². The normalized spacial score (nSPS) is 27.9. The molecule has 0 aromatic carbocycles. The number of carboxylic acids is 1. The van der Waals surface area contributed by atoms with Gasteiger partial charge in [-0.1, -0.05) is 70.6 Å². The van der Waals surface area contributed by atoms with Gasteiger partial charge in [0.1, 0.15) is 5.78 Å². The van der Waals surface area contributed by atoms with E-state index in [4.69, 9.17) is 5.11 Å². The molecule has 2 N–H and O–H groups in total. The molecule has 5 unspecified atom stereocenters. The SMILES string of the molecule is CCCCCC(O)/C=C/C1C(=O)C(CCCC)C2C(=O)/C(=C(/CC)CCCC(=O)O)CC12. The molecule has 5 heteroatoms. The highest BCUT2D eigenvalue weighted by Gasteiger charge is 2.56. The average Bonchev–Trinajstić information content (AvgIpc) is 3.21. The molecule has 180 valence electrons. The smallest absolute Gasteiger partial charge is 0.303 e. The van der Waals surface area contributed by atoms with Gasteiger partial charge in [0.05, 0.1) is 6.10 Å². The van der Waals surface area contributed by atoms with Crippen molar-refractivity contribution in [2.24, 2.45) is 23.7 Å². The summed E-state index contributed by atoms with van der Waals surface area (Å²) in [5.41, 5.74) is 1.92. The third kappa shape index (κ3) is 6.63.